The lowest BCUT2D eigenvalue weighted by atomic mass is 10.0. The van der Waals surface area contributed by atoms with Crippen molar-refractivity contribution in [1.82, 2.24) is 0 Å². The van der Waals surface area contributed by atoms with Crippen LogP contribution in [0.2, 0.25) is 0 Å². The normalized spacial score (nSPS) is 10.9. The first-order valence-corrected chi connectivity index (χ1v) is 5.48. The van der Waals surface area contributed by atoms with Crippen LogP contribution in [0.15, 0.2) is 48.5 Å². The zero-order valence-corrected chi connectivity index (χ0v) is 9.47. The zero-order valence-electron chi connectivity index (χ0n) is 9.47. The quantitative estimate of drug-likeness (QED) is 0.638. The Labute approximate surface area is 99.1 Å². The number of phenolic OH excluding ortho intramolecular Hbond substituents is 1. The van der Waals surface area contributed by atoms with Crippen LogP contribution >= 0.6 is 0 Å². The molecule has 0 fully saturated rings. The molecule has 17 heavy (non-hydrogen) atoms. The lowest BCUT2D eigenvalue weighted by molar-refractivity contribution is 0.415. The second-order valence-electron chi connectivity index (χ2n) is 4.03. The molecular weight excluding hydrogens is 212 g/mol. The Morgan fingerprint density at radius 2 is 1.65 bits per heavy atom. The Kier molecular flexibility index (Phi) is 2.15. The van der Waals surface area contributed by atoms with Crippen molar-refractivity contribution in [3.05, 3.63) is 48.5 Å². The van der Waals surface area contributed by atoms with Crippen LogP contribution in [-0.4, -0.2) is 12.2 Å². The number of hydrogen-bond acceptors (Lipinski definition) is 2. The average Bonchev–Trinajstić information content (AvgIpc) is 2.38. The van der Waals surface area contributed by atoms with Crippen LogP contribution in [0.25, 0.3) is 21.5 Å². The molecule has 0 heterocycles. The van der Waals surface area contributed by atoms with E-state index in [4.69, 9.17) is 4.74 Å². The predicted octanol–water partition coefficient (Wildman–Crippen LogP) is 3.71. The van der Waals surface area contributed by atoms with Gasteiger partial charge in [-0.1, -0.05) is 30.3 Å². The molecule has 2 nitrogen and oxygen atoms in total. The summed E-state index contributed by atoms with van der Waals surface area (Å²) >= 11 is 0. The van der Waals surface area contributed by atoms with Crippen molar-refractivity contribution in [3.8, 4) is 11.5 Å². The molecular formula is C15H12O2. The molecule has 3 aromatic carbocycles. The monoisotopic (exact) mass is 224 g/mol. The third kappa shape index (κ3) is 1.49. The lowest BCUT2D eigenvalue weighted by Crippen LogP contribution is -1.83. The Balaban J connectivity index is 2.48. The van der Waals surface area contributed by atoms with Crippen LogP contribution in [0.3, 0.4) is 0 Å². The van der Waals surface area contributed by atoms with E-state index in [9.17, 15) is 5.11 Å². The first kappa shape index (κ1) is 9.97. The molecule has 0 atom stereocenters. The molecule has 84 valence electrons. The van der Waals surface area contributed by atoms with Gasteiger partial charge < -0.3 is 9.84 Å². The van der Waals surface area contributed by atoms with Crippen LogP contribution in [0.4, 0.5) is 0 Å². The first-order valence-electron chi connectivity index (χ1n) is 5.48. The van der Waals surface area contributed by atoms with Crippen LogP contribution in [0.5, 0.6) is 11.5 Å². The highest BCUT2D eigenvalue weighted by Crippen LogP contribution is 2.34. The summed E-state index contributed by atoms with van der Waals surface area (Å²) < 4.78 is 5.19. The second-order valence-corrected chi connectivity index (χ2v) is 4.03. The number of ether oxygens (including phenoxy) is 1. The molecule has 0 bridgehead atoms. The fourth-order valence-electron chi connectivity index (χ4n) is 2.20. The summed E-state index contributed by atoms with van der Waals surface area (Å²) in [6, 6.07) is 15.5. The maximum atomic E-state index is 9.99. The first-order chi connectivity index (χ1) is 8.29. The van der Waals surface area contributed by atoms with Crippen molar-refractivity contribution >= 4 is 21.5 Å². The van der Waals surface area contributed by atoms with Gasteiger partial charge in [-0.15, -0.1) is 0 Å². The summed E-state index contributed by atoms with van der Waals surface area (Å²) in [6.45, 7) is 0. The van der Waals surface area contributed by atoms with Crippen LogP contribution in [0.1, 0.15) is 0 Å². The van der Waals surface area contributed by atoms with Crippen molar-refractivity contribution in [2.45, 2.75) is 0 Å². The third-order valence-electron chi connectivity index (χ3n) is 3.04. The Morgan fingerprint density at radius 3 is 2.41 bits per heavy atom. The largest absolute Gasteiger partial charge is 0.507 e. The third-order valence-corrected chi connectivity index (χ3v) is 3.04. The average molecular weight is 224 g/mol. The van der Waals surface area contributed by atoms with Crippen molar-refractivity contribution < 1.29 is 9.84 Å². The molecule has 0 aliphatic heterocycles. The van der Waals surface area contributed by atoms with E-state index in [1.165, 1.54) is 0 Å². The molecule has 0 aromatic heterocycles. The SMILES string of the molecule is COc1ccc2c(c1)cc(O)c1ccccc12. The topological polar surface area (TPSA) is 29.5 Å². The van der Waals surface area contributed by atoms with Crippen LogP contribution in [-0.2, 0) is 0 Å². The highest BCUT2D eigenvalue weighted by atomic mass is 16.5. The second kappa shape index (κ2) is 3.67. The summed E-state index contributed by atoms with van der Waals surface area (Å²) in [5.41, 5.74) is 0. The molecule has 0 saturated heterocycles. The highest BCUT2D eigenvalue weighted by molar-refractivity contribution is 6.10. The minimum Gasteiger partial charge on any atom is -0.507 e. The van der Waals surface area contributed by atoms with Gasteiger partial charge in [-0.25, -0.2) is 0 Å². The van der Waals surface area contributed by atoms with E-state index in [-0.39, 0.29) is 0 Å². The van der Waals surface area contributed by atoms with Gasteiger partial charge in [-0.3, -0.25) is 0 Å². The zero-order chi connectivity index (χ0) is 11.8. The Morgan fingerprint density at radius 1 is 0.882 bits per heavy atom. The van der Waals surface area contributed by atoms with E-state index in [0.717, 1.165) is 27.3 Å². The number of benzene rings is 3. The maximum absolute atomic E-state index is 9.99. The van der Waals surface area contributed by atoms with Crippen LogP contribution < -0.4 is 4.74 Å². The fourth-order valence-corrected chi connectivity index (χ4v) is 2.20. The van der Waals surface area contributed by atoms with E-state index < -0.39 is 0 Å². The van der Waals surface area contributed by atoms with Gasteiger partial charge >= 0.3 is 0 Å². The number of phenols is 1. The molecule has 0 aliphatic rings. The number of methoxy groups -OCH3 is 1. The molecule has 0 amide bonds. The maximum Gasteiger partial charge on any atom is 0.124 e. The summed E-state index contributed by atoms with van der Waals surface area (Å²) in [5, 5.41) is 14.0. The summed E-state index contributed by atoms with van der Waals surface area (Å²) in [7, 11) is 1.64. The van der Waals surface area contributed by atoms with Crippen molar-refractivity contribution in [2.75, 3.05) is 7.11 Å². The lowest BCUT2D eigenvalue weighted by Gasteiger charge is -2.07. The summed E-state index contributed by atoms with van der Waals surface area (Å²) in [4.78, 5) is 0. The smallest absolute Gasteiger partial charge is 0.124 e. The van der Waals surface area contributed by atoms with Crippen molar-refractivity contribution in [3.63, 3.8) is 0 Å². The summed E-state index contributed by atoms with van der Waals surface area (Å²) in [6.07, 6.45) is 0. The molecule has 3 rings (SSSR count). The molecule has 0 saturated carbocycles. The van der Waals surface area contributed by atoms with Crippen LogP contribution in [0, 0.1) is 0 Å². The van der Waals surface area contributed by atoms with E-state index in [0.29, 0.717) is 5.75 Å². The minimum atomic E-state index is 0.307. The van der Waals surface area contributed by atoms with E-state index in [1.807, 2.05) is 42.5 Å². The molecule has 3 aromatic rings. The number of aromatic hydroxyl groups is 1. The molecule has 0 spiro atoms. The van der Waals surface area contributed by atoms with Gasteiger partial charge in [0.2, 0.25) is 0 Å². The molecule has 0 radical (unpaired) electrons. The van der Waals surface area contributed by atoms with Gasteiger partial charge in [0.1, 0.15) is 11.5 Å². The fraction of sp³-hybridized carbons (Fsp3) is 0.0667. The highest BCUT2D eigenvalue weighted by Gasteiger charge is 2.05. The van der Waals surface area contributed by atoms with Crippen molar-refractivity contribution in [2.24, 2.45) is 0 Å². The van der Waals surface area contributed by atoms with Crippen molar-refractivity contribution in [1.29, 1.82) is 0 Å². The number of fused-ring (bicyclic) bond motifs is 3. The Hall–Kier alpha value is -2.22. The van der Waals surface area contributed by atoms with Gasteiger partial charge in [0.25, 0.3) is 0 Å². The predicted molar refractivity (Wildman–Crippen MR) is 69.7 cm³/mol. The van der Waals surface area contributed by atoms with Gasteiger partial charge in [0.15, 0.2) is 0 Å². The molecule has 1 N–H and O–H groups in total. The summed E-state index contributed by atoms with van der Waals surface area (Å²) in [5.74, 6) is 1.11. The number of rotatable bonds is 1. The van der Waals surface area contributed by atoms with Gasteiger partial charge in [-0.2, -0.15) is 0 Å². The molecule has 0 aliphatic carbocycles. The van der Waals surface area contributed by atoms with E-state index >= 15 is 0 Å². The van der Waals surface area contributed by atoms with E-state index in [1.54, 1.807) is 13.2 Å². The minimum absolute atomic E-state index is 0.307. The van der Waals surface area contributed by atoms with Gasteiger partial charge in [0, 0.05) is 5.39 Å². The number of hydrogen-bond donors (Lipinski definition) is 1. The molecule has 2 heteroatoms. The Bertz CT molecular complexity index is 702. The standard InChI is InChI=1S/C15H12O2/c1-17-11-6-7-12-10(8-11)9-15(16)14-5-3-2-4-13(12)14/h2-9,16H,1H3. The van der Waals surface area contributed by atoms with E-state index in [2.05, 4.69) is 0 Å². The molecule has 0 unspecified atom stereocenters. The van der Waals surface area contributed by atoms with Gasteiger partial charge in [-0.05, 0) is 34.4 Å². The van der Waals surface area contributed by atoms with Gasteiger partial charge in [0.05, 0.1) is 7.11 Å².